The predicted molar refractivity (Wildman–Crippen MR) is 83.6 cm³/mol. The minimum absolute atomic E-state index is 1.12. The molecule has 0 unspecified atom stereocenters. The molecule has 0 aliphatic carbocycles. The molecule has 2 heteroatoms. The zero-order valence-electron chi connectivity index (χ0n) is 12.7. The van der Waals surface area contributed by atoms with Crippen LogP contribution in [0.3, 0.4) is 0 Å². The first-order chi connectivity index (χ1) is 8.04. The van der Waals surface area contributed by atoms with Gasteiger partial charge in [-0.15, -0.1) is 0 Å². The van der Waals surface area contributed by atoms with Crippen molar-refractivity contribution < 1.29 is 4.89 Å². The van der Waals surface area contributed by atoms with Gasteiger partial charge in [0.15, 0.2) is 0 Å². The Morgan fingerprint density at radius 3 is 1.18 bits per heavy atom. The molecular formula is C15H35OP. The van der Waals surface area contributed by atoms with Crippen LogP contribution in [0.25, 0.3) is 0 Å². The Kier molecular flexibility index (Phi) is 8.68. The summed E-state index contributed by atoms with van der Waals surface area (Å²) < 4.78 is 0. The first-order valence-corrected chi connectivity index (χ1v) is 10.7. The van der Waals surface area contributed by atoms with E-state index in [1.54, 1.807) is 0 Å². The number of hydrogen-bond donors (Lipinski definition) is 1. The molecule has 0 saturated carbocycles. The van der Waals surface area contributed by atoms with Crippen LogP contribution in [0.4, 0.5) is 0 Å². The van der Waals surface area contributed by atoms with E-state index in [0.29, 0.717) is 0 Å². The zero-order valence-corrected chi connectivity index (χ0v) is 13.6. The molecule has 0 aliphatic rings. The Morgan fingerprint density at radius 1 is 0.588 bits per heavy atom. The van der Waals surface area contributed by atoms with E-state index < -0.39 is 6.83 Å². The summed E-state index contributed by atoms with van der Waals surface area (Å²) in [6.45, 7) is 6.63. The summed E-state index contributed by atoms with van der Waals surface area (Å²) in [5, 5.41) is 0. The normalized spacial score (nSPS) is 14.5. The molecule has 17 heavy (non-hydrogen) atoms. The molecule has 0 bridgehead atoms. The molecular weight excluding hydrogens is 227 g/mol. The van der Waals surface area contributed by atoms with Gasteiger partial charge in [0, 0.05) is 0 Å². The van der Waals surface area contributed by atoms with Crippen molar-refractivity contribution in [3.8, 4) is 0 Å². The van der Waals surface area contributed by atoms with Crippen molar-refractivity contribution in [3.63, 3.8) is 0 Å². The van der Waals surface area contributed by atoms with E-state index in [0.717, 1.165) is 31.1 Å². The summed E-state index contributed by atoms with van der Waals surface area (Å²) in [6, 6.07) is 0. The van der Waals surface area contributed by atoms with Crippen molar-refractivity contribution in [1.82, 2.24) is 0 Å². The summed E-state index contributed by atoms with van der Waals surface area (Å²) in [4.78, 5) is 11.5. The van der Waals surface area contributed by atoms with Gasteiger partial charge in [-0.2, -0.15) is 0 Å². The van der Waals surface area contributed by atoms with Crippen molar-refractivity contribution in [2.45, 2.75) is 72.6 Å². The fourth-order valence-corrected chi connectivity index (χ4v) is 8.81. The second-order valence-corrected chi connectivity index (χ2v) is 11.5. The third-order valence-corrected chi connectivity index (χ3v) is 10.0. The van der Waals surface area contributed by atoms with Gasteiger partial charge in [0.1, 0.15) is 0 Å². The molecule has 0 amide bonds. The van der Waals surface area contributed by atoms with Crippen molar-refractivity contribution >= 4 is 6.83 Å². The van der Waals surface area contributed by atoms with E-state index in [2.05, 4.69) is 27.7 Å². The Labute approximate surface area is 109 Å². The van der Waals surface area contributed by atoms with Gasteiger partial charge >= 0.3 is 109 Å². The van der Waals surface area contributed by atoms with Gasteiger partial charge in [0.2, 0.25) is 0 Å². The standard InChI is InChI=1S/C15H35OP/c1-5-9-13-17(16,12-8-4,14-10-6-2)15-11-7-3/h16H,5-15H2,1-4H3. The molecule has 0 rings (SSSR count). The average molecular weight is 262 g/mol. The van der Waals surface area contributed by atoms with Crippen molar-refractivity contribution in [2.75, 3.05) is 24.6 Å². The average Bonchev–Trinajstić information content (AvgIpc) is 2.33. The fourth-order valence-electron chi connectivity index (χ4n) is 2.94. The van der Waals surface area contributed by atoms with Crippen LogP contribution < -0.4 is 0 Å². The maximum absolute atomic E-state index is 11.5. The van der Waals surface area contributed by atoms with Gasteiger partial charge in [-0.05, 0) is 0 Å². The summed E-state index contributed by atoms with van der Waals surface area (Å²) in [6.07, 6.45) is 13.0. The first-order valence-electron chi connectivity index (χ1n) is 7.79. The van der Waals surface area contributed by atoms with E-state index in [1.807, 2.05) is 0 Å². The van der Waals surface area contributed by atoms with Gasteiger partial charge in [0.25, 0.3) is 0 Å². The van der Waals surface area contributed by atoms with Gasteiger partial charge in [-0.3, -0.25) is 0 Å². The zero-order chi connectivity index (χ0) is 13.2. The van der Waals surface area contributed by atoms with Crippen LogP contribution in [0.2, 0.25) is 0 Å². The quantitative estimate of drug-likeness (QED) is 0.504. The van der Waals surface area contributed by atoms with E-state index in [-0.39, 0.29) is 0 Å². The molecule has 1 nitrogen and oxygen atoms in total. The van der Waals surface area contributed by atoms with Crippen LogP contribution in [-0.2, 0) is 0 Å². The summed E-state index contributed by atoms with van der Waals surface area (Å²) in [5.74, 6) is 0. The summed E-state index contributed by atoms with van der Waals surface area (Å²) in [7, 11) is 0. The SMILES string of the molecule is CCCCP(O)(CCC)(CCCC)CCCC. The monoisotopic (exact) mass is 262 g/mol. The molecule has 0 saturated heterocycles. The van der Waals surface area contributed by atoms with E-state index in [9.17, 15) is 4.89 Å². The third-order valence-electron chi connectivity index (χ3n) is 4.06. The van der Waals surface area contributed by atoms with Crippen LogP contribution in [0, 0.1) is 0 Å². The summed E-state index contributed by atoms with van der Waals surface area (Å²) in [5.41, 5.74) is 0. The second-order valence-electron chi connectivity index (χ2n) is 5.86. The fraction of sp³-hybridized carbons (Fsp3) is 1.00. The molecule has 0 fully saturated rings. The van der Waals surface area contributed by atoms with Gasteiger partial charge in [-0.1, -0.05) is 0 Å². The molecule has 106 valence electrons. The number of unbranched alkanes of at least 4 members (excludes halogenated alkanes) is 3. The molecule has 0 heterocycles. The molecule has 0 aromatic heterocycles. The first kappa shape index (κ1) is 17.4. The van der Waals surface area contributed by atoms with Gasteiger partial charge < -0.3 is 0 Å². The maximum atomic E-state index is 11.5. The van der Waals surface area contributed by atoms with Crippen LogP contribution in [-0.4, -0.2) is 29.5 Å². The number of rotatable bonds is 11. The topological polar surface area (TPSA) is 20.2 Å². The minimum atomic E-state index is -2.34. The van der Waals surface area contributed by atoms with Crippen LogP contribution >= 0.6 is 6.83 Å². The molecule has 0 spiro atoms. The Hall–Kier alpha value is 0.390. The van der Waals surface area contributed by atoms with Gasteiger partial charge in [0.05, 0.1) is 0 Å². The van der Waals surface area contributed by atoms with Crippen molar-refractivity contribution in [1.29, 1.82) is 0 Å². The molecule has 0 aromatic rings. The molecule has 0 aromatic carbocycles. The Bertz CT molecular complexity index is 167. The van der Waals surface area contributed by atoms with Crippen LogP contribution in [0.1, 0.15) is 72.6 Å². The number of hydrogen-bond acceptors (Lipinski definition) is 1. The molecule has 0 aliphatic heterocycles. The van der Waals surface area contributed by atoms with Crippen molar-refractivity contribution in [3.05, 3.63) is 0 Å². The molecule has 1 N–H and O–H groups in total. The van der Waals surface area contributed by atoms with Crippen LogP contribution in [0.5, 0.6) is 0 Å². The third kappa shape index (κ3) is 6.20. The van der Waals surface area contributed by atoms with E-state index in [1.165, 1.54) is 38.5 Å². The van der Waals surface area contributed by atoms with Crippen LogP contribution in [0.15, 0.2) is 0 Å². The second kappa shape index (κ2) is 8.48. The Morgan fingerprint density at radius 2 is 0.941 bits per heavy atom. The molecule has 0 radical (unpaired) electrons. The summed E-state index contributed by atoms with van der Waals surface area (Å²) >= 11 is 0. The predicted octanol–water partition coefficient (Wildman–Crippen LogP) is 5.26. The van der Waals surface area contributed by atoms with Gasteiger partial charge in [-0.25, -0.2) is 0 Å². The molecule has 0 atom stereocenters. The van der Waals surface area contributed by atoms with E-state index >= 15 is 0 Å². The van der Waals surface area contributed by atoms with Crippen molar-refractivity contribution in [2.24, 2.45) is 0 Å². The van der Waals surface area contributed by atoms with E-state index in [4.69, 9.17) is 0 Å². The Balaban J connectivity index is 4.76.